The Bertz CT molecular complexity index is 457. The first kappa shape index (κ1) is 16.1. The van der Waals surface area contributed by atoms with E-state index in [1.54, 1.807) is 6.07 Å². The van der Waals surface area contributed by atoms with Gasteiger partial charge in [0, 0.05) is 13.1 Å². The van der Waals surface area contributed by atoms with E-state index in [4.69, 9.17) is 10.5 Å². The first-order chi connectivity index (χ1) is 10.0. The van der Waals surface area contributed by atoms with Crippen LogP contribution in [0.15, 0.2) is 18.2 Å². The summed E-state index contributed by atoms with van der Waals surface area (Å²) in [4.78, 5) is 2.28. The monoisotopic (exact) mass is 302 g/mol. The second kappa shape index (κ2) is 7.13. The third-order valence-electron chi connectivity index (χ3n) is 3.73. The van der Waals surface area contributed by atoms with Gasteiger partial charge in [0.2, 0.25) is 0 Å². The third kappa shape index (κ3) is 4.61. The number of nitrogens with two attached hydrogens (primary N) is 1. The minimum Gasteiger partial charge on any atom is -0.492 e. The van der Waals surface area contributed by atoms with Crippen LogP contribution < -0.4 is 10.5 Å². The van der Waals surface area contributed by atoms with E-state index >= 15 is 0 Å². The number of ether oxygens (including phenoxy) is 1. The van der Waals surface area contributed by atoms with Crippen LogP contribution in [0.2, 0.25) is 0 Å². The van der Waals surface area contributed by atoms with E-state index in [2.05, 4.69) is 4.90 Å². The smallest absolute Gasteiger partial charge is 0.416 e. The summed E-state index contributed by atoms with van der Waals surface area (Å²) < 4.78 is 44.2. The van der Waals surface area contributed by atoms with Crippen LogP contribution in [0.25, 0.3) is 0 Å². The Morgan fingerprint density at radius 1 is 1.14 bits per heavy atom. The Balaban J connectivity index is 1.94. The van der Waals surface area contributed by atoms with Gasteiger partial charge in [-0.15, -0.1) is 0 Å². The molecule has 0 amide bonds. The van der Waals surface area contributed by atoms with Gasteiger partial charge in [-0.2, -0.15) is 13.2 Å². The van der Waals surface area contributed by atoms with Crippen molar-refractivity contribution in [1.82, 2.24) is 4.90 Å². The van der Waals surface area contributed by atoms with Crippen molar-refractivity contribution in [2.24, 2.45) is 5.73 Å². The molecule has 0 saturated carbocycles. The lowest BCUT2D eigenvalue weighted by atomic mass is 10.1. The minimum atomic E-state index is -4.40. The molecule has 21 heavy (non-hydrogen) atoms. The molecule has 6 heteroatoms. The zero-order valence-electron chi connectivity index (χ0n) is 12.0. The molecule has 0 radical (unpaired) electrons. The van der Waals surface area contributed by atoms with Gasteiger partial charge in [0.1, 0.15) is 12.4 Å². The molecule has 0 bridgehead atoms. The average Bonchev–Trinajstić information content (AvgIpc) is 2.47. The molecule has 2 rings (SSSR count). The fourth-order valence-corrected chi connectivity index (χ4v) is 2.56. The summed E-state index contributed by atoms with van der Waals surface area (Å²) in [5, 5.41) is 0. The van der Waals surface area contributed by atoms with Crippen molar-refractivity contribution in [3.05, 3.63) is 29.3 Å². The largest absolute Gasteiger partial charge is 0.492 e. The number of likely N-dealkylation sites (tertiary alicyclic amines) is 1. The van der Waals surface area contributed by atoms with Crippen LogP contribution in [0, 0.1) is 0 Å². The number of benzene rings is 1. The van der Waals surface area contributed by atoms with Gasteiger partial charge in [-0.05, 0) is 43.6 Å². The maximum Gasteiger partial charge on any atom is 0.416 e. The lowest BCUT2D eigenvalue weighted by molar-refractivity contribution is -0.138. The fraction of sp³-hybridized carbons (Fsp3) is 0.600. The van der Waals surface area contributed by atoms with Gasteiger partial charge < -0.3 is 10.5 Å². The quantitative estimate of drug-likeness (QED) is 0.908. The summed E-state index contributed by atoms with van der Waals surface area (Å²) >= 11 is 0. The molecule has 0 spiro atoms. The molecule has 2 N–H and O–H groups in total. The van der Waals surface area contributed by atoms with Crippen molar-refractivity contribution in [2.75, 3.05) is 26.2 Å². The van der Waals surface area contributed by atoms with Crippen LogP contribution in [0.4, 0.5) is 13.2 Å². The van der Waals surface area contributed by atoms with Crippen LogP contribution in [0.1, 0.15) is 30.4 Å². The van der Waals surface area contributed by atoms with Crippen molar-refractivity contribution in [3.8, 4) is 5.75 Å². The Morgan fingerprint density at radius 2 is 1.86 bits per heavy atom. The average molecular weight is 302 g/mol. The Labute approximate surface area is 122 Å². The maximum atomic E-state index is 12.9. The first-order valence-corrected chi connectivity index (χ1v) is 7.26. The van der Waals surface area contributed by atoms with Gasteiger partial charge in [0.25, 0.3) is 0 Å². The molecule has 0 atom stereocenters. The van der Waals surface area contributed by atoms with Gasteiger partial charge in [-0.1, -0.05) is 12.5 Å². The topological polar surface area (TPSA) is 38.5 Å². The number of halogens is 3. The SMILES string of the molecule is NCc1ccc(OCCN2CCCCC2)cc1C(F)(F)F. The van der Waals surface area contributed by atoms with Crippen LogP contribution in [-0.2, 0) is 12.7 Å². The van der Waals surface area contributed by atoms with Gasteiger partial charge in [0.05, 0.1) is 5.56 Å². The number of rotatable bonds is 5. The number of hydrogen-bond donors (Lipinski definition) is 1. The highest BCUT2D eigenvalue weighted by atomic mass is 19.4. The van der Waals surface area contributed by atoms with Crippen molar-refractivity contribution in [3.63, 3.8) is 0 Å². The first-order valence-electron chi connectivity index (χ1n) is 7.26. The van der Waals surface area contributed by atoms with Crippen LogP contribution in [0.3, 0.4) is 0 Å². The molecule has 1 aromatic rings. The Morgan fingerprint density at radius 3 is 2.48 bits per heavy atom. The second-order valence-electron chi connectivity index (χ2n) is 5.27. The lowest BCUT2D eigenvalue weighted by Gasteiger charge is -2.26. The molecule has 1 aliphatic rings. The second-order valence-corrected chi connectivity index (χ2v) is 5.27. The number of piperidine rings is 1. The van der Waals surface area contributed by atoms with Crippen LogP contribution in [-0.4, -0.2) is 31.1 Å². The number of alkyl halides is 3. The number of hydrogen-bond acceptors (Lipinski definition) is 3. The molecule has 0 unspecified atom stereocenters. The van der Waals surface area contributed by atoms with Crippen LogP contribution in [0.5, 0.6) is 5.75 Å². The highest BCUT2D eigenvalue weighted by Gasteiger charge is 2.33. The maximum absolute atomic E-state index is 12.9. The minimum absolute atomic E-state index is 0.0888. The standard InChI is InChI=1S/C15H21F3N2O/c16-15(17,18)14-10-13(5-4-12(14)11-19)21-9-8-20-6-2-1-3-7-20/h4-5,10H,1-3,6-9,11,19H2. The van der Waals surface area contributed by atoms with E-state index < -0.39 is 11.7 Å². The molecule has 0 aliphatic carbocycles. The van der Waals surface area contributed by atoms with Crippen molar-refractivity contribution < 1.29 is 17.9 Å². The summed E-state index contributed by atoms with van der Waals surface area (Å²) in [6.45, 7) is 3.11. The fourth-order valence-electron chi connectivity index (χ4n) is 2.56. The van der Waals surface area contributed by atoms with E-state index in [1.165, 1.54) is 25.3 Å². The summed E-state index contributed by atoms with van der Waals surface area (Å²) in [6, 6.07) is 3.98. The van der Waals surface area contributed by atoms with E-state index in [-0.39, 0.29) is 17.9 Å². The molecule has 1 aromatic carbocycles. The highest BCUT2D eigenvalue weighted by Crippen LogP contribution is 2.34. The molecule has 118 valence electrons. The third-order valence-corrected chi connectivity index (χ3v) is 3.73. The Hall–Kier alpha value is -1.27. The summed E-state index contributed by atoms with van der Waals surface area (Å²) in [6.07, 6.45) is -0.777. The van der Waals surface area contributed by atoms with E-state index in [1.807, 2.05) is 0 Å². The molecule has 1 heterocycles. The molecule has 3 nitrogen and oxygen atoms in total. The van der Waals surface area contributed by atoms with Gasteiger partial charge in [-0.3, -0.25) is 4.90 Å². The zero-order valence-corrected chi connectivity index (χ0v) is 12.0. The van der Waals surface area contributed by atoms with Gasteiger partial charge >= 0.3 is 6.18 Å². The molecule has 1 saturated heterocycles. The normalized spacial score (nSPS) is 17.0. The molecular weight excluding hydrogens is 281 g/mol. The van der Waals surface area contributed by atoms with Gasteiger partial charge in [0.15, 0.2) is 0 Å². The van der Waals surface area contributed by atoms with Crippen molar-refractivity contribution in [2.45, 2.75) is 32.0 Å². The predicted octanol–water partition coefficient (Wildman–Crippen LogP) is 3.03. The molecule has 1 aliphatic heterocycles. The van der Waals surface area contributed by atoms with Crippen molar-refractivity contribution >= 4 is 0 Å². The molecular formula is C15H21F3N2O. The summed E-state index contributed by atoms with van der Waals surface area (Å²) in [7, 11) is 0. The van der Waals surface area contributed by atoms with E-state index in [0.717, 1.165) is 25.7 Å². The lowest BCUT2D eigenvalue weighted by Crippen LogP contribution is -2.33. The van der Waals surface area contributed by atoms with E-state index in [9.17, 15) is 13.2 Å². The summed E-state index contributed by atoms with van der Waals surface area (Å²) in [5.41, 5.74) is 4.73. The zero-order chi connectivity index (χ0) is 15.3. The van der Waals surface area contributed by atoms with E-state index in [0.29, 0.717) is 6.61 Å². The van der Waals surface area contributed by atoms with Crippen molar-refractivity contribution in [1.29, 1.82) is 0 Å². The highest BCUT2D eigenvalue weighted by molar-refractivity contribution is 5.37. The Kier molecular flexibility index (Phi) is 5.47. The number of nitrogens with zero attached hydrogens (tertiary/aromatic N) is 1. The summed E-state index contributed by atoms with van der Waals surface area (Å²) in [5.74, 6) is 0.247. The van der Waals surface area contributed by atoms with Crippen LogP contribution >= 0.6 is 0 Å². The molecule has 1 fully saturated rings. The molecule has 0 aromatic heterocycles. The van der Waals surface area contributed by atoms with Gasteiger partial charge in [-0.25, -0.2) is 0 Å². The predicted molar refractivity (Wildman–Crippen MR) is 75.1 cm³/mol.